The van der Waals surface area contributed by atoms with Crippen LogP contribution in [-0.4, -0.2) is 15.6 Å². The number of hydrogen-bond acceptors (Lipinski definition) is 2. The van der Waals surface area contributed by atoms with Crippen molar-refractivity contribution in [3.8, 4) is 0 Å². The van der Waals surface area contributed by atoms with Gasteiger partial charge in [-0.3, -0.25) is 0 Å². The van der Waals surface area contributed by atoms with Crippen molar-refractivity contribution in [1.29, 1.82) is 0 Å². The molecule has 0 bridgehead atoms. The molecule has 0 saturated heterocycles. The molecule has 2 N–H and O–H groups in total. The van der Waals surface area contributed by atoms with Crippen molar-refractivity contribution in [2.24, 2.45) is 0 Å². The smallest absolute Gasteiger partial charge is 0.337 e. The summed E-state index contributed by atoms with van der Waals surface area (Å²) < 4.78 is 15.3. The number of carboxylic acids is 1. The van der Waals surface area contributed by atoms with E-state index in [1.165, 1.54) is 12.1 Å². The molecule has 0 radical (unpaired) electrons. The van der Waals surface area contributed by atoms with Gasteiger partial charge in [0.15, 0.2) is 0 Å². The lowest BCUT2D eigenvalue weighted by Gasteiger charge is -2.11. The summed E-state index contributed by atoms with van der Waals surface area (Å²) in [5.74, 6) is -1.24. The average molecular weight is 401 g/mol. The highest BCUT2D eigenvalue weighted by atomic mass is 35.5. The van der Waals surface area contributed by atoms with E-state index in [1.807, 2.05) is 48.7 Å². The Bertz CT molecular complexity index is 1010. The maximum atomic E-state index is 13.3. The van der Waals surface area contributed by atoms with Gasteiger partial charge in [0, 0.05) is 41.6 Å². The lowest BCUT2D eigenvalue weighted by atomic mass is 10.1. The van der Waals surface area contributed by atoms with Gasteiger partial charge in [-0.2, -0.15) is 0 Å². The fourth-order valence-corrected chi connectivity index (χ4v) is 3.70. The van der Waals surface area contributed by atoms with E-state index in [9.17, 15) is 14.3 Å². The van der Waals surface area contributed by atoms with Crippen LogP contribution in [0.3, 0.4) is 0 Å². The van der Waals surface area contributed by atoms with Crippen molar-refractivity contribution in [3.63, 3.8) is 0 Å². The Balaban J connectivity index is 1.84. The number of hydrogen-bond donors (Lipinski definition) is 2. The Hall–Kier alpha value is -2.63. The molecule has 0 atom stereocenters. The molecule has 6 heteroatoms. The van der Waals surface area contributed by atoms with Gasteiger partial charge in [0.2, 0.25) is 0 Å². The number of carboxylic acid groups (broad SMARTS) is 1. The predicted molar refractivity (Wildman–Crippen MR) is 108 cm³/mol. The van der Waals surface area contributed by atoms with Gasteiger partial charge in [0.05, 0.1) is 5.56 Å². The average Bonchev–Trinajstić information content (AvgIpc) is 2.86. The molecule has 0 spiro atoms. The van der Waals surface area contributed by atoms with Crippen LogP contribution in [0.1, 0.15) is 38.4 Å². The molecule has 4 nitrogen and oxygen atoms in total. The van der Waals surface area contributed by atoms with Crippen molar-refractivity contribution in [2.75, 3.05) is 0 Å². The monoisotopic (exact) mass is 400 g/mol. The molecular formula is C22H22ClFN2O2. The molecule has 1 aromatic heterocycles. The molecule has 0 unspecified atom stereocenters. The minimum Gasteiger partial charge on any atom is -0.478 e. The molecule has 28 heavy (non-hydrogen) atoms. The second kappa shape index (κ2) is 8.59. The third kappa shape index (κ3) is 4.43. The van der Waals surface area contributed by atoms with Gasteiger partial charge in [-0.05, 0) is 49.2 Å². The Morgan fingerprint density at radius 3 is 2.46 bits per heavy atom. The molecule has 0 aliphatic carbocycles. The molecule has 2 aromatic carbocycles. The van der Waals surface area contributed by atoms with E-state index < -0.39 is 5.97 Å². The van der Waals surface area contributed by atoms with Crippen LogP contribution in [-0.2, 0) is 19.6 Å². The summed E-state index contributed by atoms with van der Waals surface area (Å²) in [5.41, 5.74) is 4.46. The van der Waals surface area contributed by atoms with E-state index in [2.05, 4.69) is 5.32 Å². The summed E-state index contributed by atoms with van der Waals surface area (Å²) in [7, 11) is 0. The van der Waals surface area contributed by atoms with Crippen molar-refractivity contribution >= 4 is 17.6 Å². The third-order valence-electron chi connectivity index (χ3n) is 4.87. The Morgan fingerprint density at radius 2 is 1.79 bits per heavy atom. The fourth-order valence-electron chi connectivity index (χ4n) is 3.48. The largest absolute Gasteiger partial charge is 0.478 e. The van der Waals surface area contributed by atoms with Gasteiger partial charge in [-0.25, -0.2) is 9.18 Å². The summed E-state index contributed by atoms with van der Waals surface area (Å²) in [5, 5.41) is 13.6. The van der Waals surface area contributed by atoms with E-state index in [1.54, 1.807) is 6.07 Å². The summed E-state index contributed by atoms with van der Waals surface area (Å²) in [4.78, 5) is 11.9. The van der Waals surface area contributed by atoms with E-state index in [0.717, 1.165) is 22.4 Å². The second-order valence-corrected chi connectivity index (χ2v) is 7.22. The first-order chi connectivity index (χ1) is 13.4. The Kier molecular flexibility index (Phi) is 6.17. The van der Waals surface area contributed by atoms with Crippen LogP contribution in [0.5, 0.6) is 0 Å². The highest BCUT2D eigenvalue weighted by molar-refractivity contribution is 6.30. The summed E-state index contributed by atoms with van der Waals surface area (Å²) in [6.07, 6.45) is 0. The van der Waals surface area contributed by atoms with Gasteiger partial charge in [0.25, 0.3) is 0 Å². The minimum atomic E-state index is -0.951. The van der Waals surface area contributed by atoms with E-state index in [4.69, 9.17) is 11.6 Å². The Morgan fingerprint density at radius 1 is 1.07 bits per heavy atom. The first-order valence-electron chi connectivity index (χ1n) is 8.98. The Labute approximate surface area is 168 Å². The first kappa shape index (κ1) is 20.1. The van der Waals surface area contributed by atoms with Crippen molar-refractivity contribution in [3.05, 3.63) is 93.0 Å². The number of aromatic nitrogens is 1. The number of carbonyl (C=O) groups is 1. The first-order valence-corrected chi connectivity index (χ1v) is 9.36. The highest BCUT2D eigenvalue weighted by Gasteiger charge is 2.22. The van der Waals surface area contributed by atoms with Gasteiger partial charge >= 0.3 is 5.97 Å². The lowest BCUT2D eigenvalue weighted by molar-refractivity contribution is 0.0694. The zero-order valence-corrected chi connectivity index (χ0v) is 16.6. The van der Waals surface area contributed by atoms with Gasteiger partial charge < -0.3 is 15.0 Å². The third-order valence-corrected chi connectivity index (χ3v) is 5.11. The summed E-state index contributed by atoms with van der Waals surface area (Å²) in [6.45, 7) is 5.12. The van der Waals surface area contributed by atoms with Gasteiger partial charge in [-0.1, -0.05) is 35.9 Å². The quantitative estimate of drug-likeness (QED) is 0.591. The summed E-state index contributed by atoms with van der Waals surface area (Å²) >= 11 is 6.08. The fraction of sp³-hybridized carbons (Fsp3) is 0.227. The van der Waals surface area contributed by atoms with E-state index >= 15 is 0 Å². The van der Waals surface area contributed by atoms with Crippen molar-refractivity contribution in [1.82, 2.24) is 9.88 Å². The van der Waals surface area contributed by atoms with Crippen LogP contribution >= 0.6 is 11.6 Å². The molecule has 0 aliphatic rings. The maximum Gasteiger partial charge on any atom is 0.337 e. The molecular weight excluding hydrogens is 379 g/mol. The van der Waals surface area contributed by atoms with E-state index in [0.29, 0.717) is 35.9 Å². The molecule has 0 fully saturated rings. The van der Waals surface area contributed by atoms with Crippen LogP contribution in [0.2, 0.25) is 5.02 Å². The number of nitrogens with zero attached hydrogens (tertiary/aromatic N) is 1. The van der Waals surface area contributed by atoms with Gasteiger partial charge in [-0.15, -0.1) is 0 Å². The molecule has 0 amide bonds. The summed E-state index contributed by atoms with van der Waals surface area (Å²) in [6, 6.07) is 13.9. The zero-order valence-electron chi connectivity index (χ0n) is 15.8. The van der Waals surface area contributed by atoms with Crippen LogP contribution in [0.15, 0.2) is 48.5 Å². The number of rotatable bonds is 7. The normalized spacial score (nSPS) is 11.0. The maximum absolute atomic E-state index is 13.3. The van der Waals surface area contributed by atoms with Crippen LogP contribution in [0.4, 0.5) is 4.39 Å². The van der Waals surface area contributed by atoms with Gasteiger partial charge in [0.1, 0.15) is 5.82 Å². The standard InChI is InChI=1S/C22H22ClFN2O2/c1-14-20(12-25-11-16-5-4-8-19(24)10-16)21(22(27)28)15(2)26(14)13-17-6-3-7-18(23)9-17/h3-10,25H,11-13H2,1-2H3,(H,27,28). The van der Waals surface area contributed by atoms with Crippen molar-refractivity contribution < 1.29 is 14.3 Å². The molecule has 3 rings (SSSR count). The lowest BCUT2D eigenvalue weighted by Crippen LogP contribution is -2.15. The molecule has 0 aliphatic heterocycles. The number of nitrogens with one attached hydrogen (secondary N) is 1. The second-order valence-electron chi connectivity index (χ2n) is 6.78. The van der Waals surface area contributed by atoms with Crippen LogP contribution < -0.4 is 5.32 Å². The minimum absolute atomic E-state index is 0.287. The number of halogens is 2. The molecule has 146 valence electrons. The predicted octanol–water partition coefficient (Wildman–Crippen LogP) is 4.93. The topological polar surface area (TPSA) is 54.3 Å². The zero-order chi connectivity index (χ0) is 20.3. The number of aromatic carboxylic acids is 1. The van der Waals surface area contributed by atoms with Crippen LogP contribution in [0, 0.1) is 19.7 Å². The number of benzene rings is 2. The van der Waals surface area contributed by atoms with Crippen LogP contribution in [0.25, 0.3) is 0 Å². The van der Waals surface area contributed by atoms with E-state index in [-0.39, 0.29) is 5.82 Å². The van der Waals surface area contributed by atoms with Crippen molar-refractivity contribution in [2.45, 2.75) is 33.5 Å². The molecule has 3 aromatic rings. The highest BCUT2D eigenvalue weighted by Crippen LogP contribution is 2.24. The molecule has 0 saturated carbocycles. The SMILES string of the molecule is Cc1c(CNCc2cccc(F)c2)c(C(=O)O)c(C)n1Cc1cccc(Cl)c1. The molecule has 1 heterocycles.